The third kappa shape index (κ3) is 1.18. The average Bonchev–Trinajstić information content (AvgIpc) is 2.43. The van der Waals surface area contributed by atoms with E-state index in [1.54, 1.807) is 0 Å². The summed E-state index contributed by atoms with van der Waals surface area (Å²) in [6.07, 6.45) is 8.32. The summed E-state index contributed by atoms with van der Waals surface area (Å²) in [7, 11) is 0. The van der Waals surface area contributed by atoms with Gasteiger partial charge in [-0.3, -0.25) is 4.79 Å². The summed E-state index contributed by atoms with van der Waals surface area (Å²) in [6.45, 7) is 4.22. The van der Waals surface area contributed by atoms with Crippen LogP contribution in [0.15, 0.2) is 23.3 Å². The maximum atomic E-state index is 11.8. The van der Waals surface area contributed by atoms with Crippen molar-refractivity contribution in [2.24, 2.45) is 5.41 Å². The molecular weight excluding hydrogens is 160 g/mol. The zero-order valence-electron chi connectivity index (χ0n) is 8.39. The zero-order valence-corrected chi connectivity index (χ0v) is 8.39. The molecule has 1 unspecified atom stereocenters. The van der Waals surface area contributed by atoms with E-state index in [1.807, 2.05) is 0 Å². The van der Waals surface area contributed by atoms with E-state index < -0.39 is 0 Å². The van der Waals surface area contributed by atoms with Gasteiger partial charge in [0.1, 0.15) is 5.78 Å². The highest BCUT2D eigenvalue weighted by Gasteiger charge is 2.42. The summed E-state index contributed by atoms with van der Waals surface area (Å²) < 4.78 is 0. The van der Waals surface area contributed by atoms with Crippen molar-refractivity contribution in [3.63, 3.8) is 0 Å². The van der Waals surface area contributed by atoms with Crippen LogP contribution in [-0.2, 0) is 4.79 Å². The summed E-state index contributed by atoms with van der Waals surface area (Å²) in [5.41, 5.74) is 2.45. The Morgan fingerprint density at radius 2 is 2.15 bits per heavy atom. The van der Waals surface area contributed by atoms with E-state index in [4.69, 9.17) is 0 Å². The van der Waals surface area contributed by atoms with E-state index in [-0.39, 0.29) is 5.41 Å². The van der Waals surface area contributed by atoms with Gasteiger partial charge in [-0.05, 0) is 33.1 Å². The molecule has 0 saturated heterocycles. The first kappa shape index (κ1) is 8.74. The monoisotopic (exact) mass is 176 g/mol. The number of Topliss-reactive ketones (excluding diaryl/α,β-unsaturated/α-hetero) is 1. The number of carbonyl (C=O) groups excluding carboxylic acids is 1. The summed E-state index contributed by atoms with van der Waals surface area (Å²) >= 11 is 0. The maximum Gasteiger partial charge on any atom is 0.146 e. The van der Waals surface area contributed by atoms with E-state index in [0.29, 0.717) is 5.78 Å². The lowest BCUT2D eigenvalue weighted by atomic mass is 9.73. The van der Waals surface area contributed by atoms with Gasteiger partial charge in [0.15, 0.2) is 0 Å². The molecule has 0 aromatic heterocycles. The number of carbonyl (C=O) groups is 1. The Morgan fingerprint density at radius 1 is 1.38 bits per heavy atom. The predicted octanol–water partition coefficient (Wildman–Crippen LogP) is 3.02. The molecular formula is C12H16O. The lowest BCUT2D eigenvalue weighted by Crippen LogP contribution is -2.26. The minimum absolute atomic E-state index is 0.178. The van der Waals surface area contributed by atoms with Crippen molar-refractivity contribution in [2.45, 2.75) is 39.5 Å². The number of hydrogen-bond acceptors (Lipinski definition) is 1. The molecule has 2 aliphatic carbocycles. The van der Waals surface area contributed by atoms with Crippen molar-refractivity contribution in [2.75, 3.05) is 0 Å². The smallest absolute Gasteiger partial charge is 0.146 e. The first-order chi connectivity index (χ1) is 6.15. The van der Waals surface area contributed by atoms with Crippen molar-refractivity contribution in [1.29, 1.82) is 0 Å². The summed E-state index contributed by atoms with van der Waals surface area (Å²) in [5.74, 6) is 0.431. The predicted molar refractivity (Wildman–Crippen MR) is 53.4 cm³/mol. The molecule has 1 atom stereocenters. The standard InChI is InChI=1S/C12H16O/c1-9-5-6-10(2)12(8-9)7-3-4-11(12)13/h6,8H,3-5,7H2,1-2H3. The van der Waals surface area contributed by atoms with Crippen molar-refractivity contribution < 1.29 is 4.79 Å². The minimum Gasteiger partial charge on any atom is -0.298 e. The van der Waals surface area contributed by atoms with Gasteiger partial charge in [-0.2, -0.15) is 0 Å². The fraction of sp³-hybridized carbons (Fsp3) is 0.583. The van der Waals surface area contributed by atoms with Crippen LogP contribution in [0.4, 0.5) is 0 Å². The van der Waals surface area contributed by atoms with Crippen LogP contribution in [0.25, 0.3) is 0 Å². The summed E-state index contributed by atoms with van der Waals surface area (Å²) in [4.78, 5) is 11.8. The quantitative estimate of drug-likeness (QED) is 0.518. The van der Waals surface area contributed by atoms with E-state index >= 15 is 0 Å². The molecule has 0 heterocycles. The average molecular weight is 176 g/mol. The third-order valence-electron chi connectivity index (χ3n) is 3.40. The molecule has 0 aromatic rings. The van der Waals surface area contributed by atoms with Gasteiger partial charge in [-0.25, -0.2) is 0 Å². The van der Waals surface area contributed by atoms with Crippen LogP contribution >= 0.6 is 0 Å². The maximum absolute atomic E-state index is 11.8. The topological polar surface area (TPSA) is 17.1 Å². The van der Waals surface area contributed by atoms with Crippen molar-refractivity contribution in [1.82, 2.24) is 0 Å². The van der Waals surface area contributed by atoms with Gasteiger partial charge in [-0.1, -0.05) is 23.3 Å². The van der Waals surface area contributed by atoms with Crippen molar-refractivity contribution in [3.05, 3.63) is 23.3 Å². The van der Waals surface area contributed by atoms with E-state index in [0.717, 1.165) is 25.7 Å². The highest BCUT2D eigenvalue weighted by molar-refractivity contribution is 5.92. The van der Waals surface area contributed by atoms with Crippen molar-refractivity contribution >= 4 is 5.78 Å². The second-order valence-electron chi connectivity index (χ2n) is 4.33. The molecule has 0 N–H and O–H groups in total. The van der Waals surface area contributed by atoms with Gasteiger partial charge in [0, 0.05) is 6.42 Å². The van der Waals surface area contributed by atoms with Crippen LogP contribution in [-0.4, -0.2) is 5.78 Å². The molecule has 70 valence electrons. The van der Waals surface area contributed by atoms with Gasteiger partial charge in [0.05, 0.1) is 5.41 Å². The highest BCUT2D eigenvalue weighted by Crippen LogP contribution is 2.45. The molecule has 1 fully saturated rings. The number of rotatable bonds is 0. The molecule has 0 aliphatic heterocycles. The summed E-state index contributed by atoms with van der Waals surface area (Å²) in [5, 5.41) is 0. The molecule has 0 amide bonds. The molecule has 0 radical (unpaired) electrons. The van der Waals surface area contributed by atoms with Gasteiger partial charge < -0.3 is 0 Å². The van der Waals surface area contributed by atoms with E-state index in [9.17, 15) is 4.79 Å². The second-order valence-corrected chi connectivity index (χ2v) is 4.33. The van der Waals surface area contributed by atoms with Crippen LogP contribution in [0, 0.1) is 5.41 Å². The Morgan fingerprint density at radius 3 is 2.77 bits per heavy atom. The van der Waals surface area contributed by atoms with Crippen LogP contribution in [0.5, 0.6) is 0 Å². The Balaban J connectivity index is 2.44. The third-order valence-corrected chi connectivity index (χ3v) is 3.40. The molecule has 0 aromatic carbocycles. The minimum atomic E-state index is -0.178. The molecule has 1 saturated carbocycles. The number of allylic oxidation sites excluding steroid dienone is 4. The Labute approximate surface area is 79.5 Å². The first-order valence-electron chi connectivity index (χ1n) is 5.04. The molecule has 1 heteroatoms. The van der Waals surface area contributed by atoms with Gasteiger partial charge >= 0.3 is 0 Å². The lowest BCUT2D eigenvalue weighted by molar-refractivity contribution is -0.122. The molecule has 1 nitrogen and oxygen atoms in total. The SMILES string of the molecule is CC1=CC2(CCCC2=O)C(C)=CC1. The fourth-order valence-electron chi connectivity index (χ4n) is 2.55. The molecule has 13 heavy (non-hydrogen) atoms. The Kier molecular flexibility index (Phi) is 1.90. The number of hydrogen-bond donors (Lipinski definition) is 0. The van der Waals surface area contributed by atoms with E-state index in [1.165, 1.54) is 11.1 Å². The molecule has 2 aliphatic rings. The highest BCUT2D eigenvalue weighted by atomic mass is 16.1. The molecule has 0 bridgehead atoms. The second kappa shape index (κ2) is 2.83. The zero-order chi connectivity index (χ0) is 9.47. The molecule has 1 spiro atoms. The lowest BCUT2D eigenvalue weighted by Gasteiger charge is -2.29. The van der Waals surface area contributed by atoms with Crippen molar-refractivity contribution in [3.8, 4) is 0 Å². The van der Waals surface area contributed by atoms with Crippen LogP contribution in [0.2, 0.25) is 0 Å². The van der Waals surface area contributed by atoms with E-state index in [2.05, 4.69) is 26.0 Å². The molecule has 2 rings (SSSR count). The largest absolute Gasteiger partial charge is 0.298 e. The van der Waals surface area contributed by atoms with Crippen LogP contribution in [0.3, 0.4) is 0 Å². The van der Waals surface area contributed by atoms with Gasteiger partial charge in [0.25, 0.3) is 0 Å². The van der Waals surface area contributed by atoms with Gasteiger partial charge in [-0.15, -0.1) is 0 Å². The van der Waals surface area contributed by atoms with Crippen LogP contribution in [0.1, 0.15) is 39.5 Å². The summed E-state index contributed by atoms with van der Waals surface area (Å²) in [6, 6.07) is 0. The Hall–Kier alpha value is -0.850. The van der Waals surface area contributed by atoms with Gasteiger partial charge in [0.2, 0.25) is 0 Å². The fourth-order valence-corrected chi connectivity index (χ4v) is 2.55. The number of ketones is 1. The first-order valence-corrected chi connectivity index (χ1v) is 5.04. The Bertz CT molecular complexity index is 309. The van der Waals surface area contributed by atoms with Crippen LogP contribution < -0.4 is 0 Å². The normalized spacial score (nSPS) is 33.5.